The maximum absolute atomic E-state index is 12.4. The van der Waals surface area contributed by atoms with Gasteiger partial charge in [0.05, 0.1) is 14.1 Å². The van der Waals surface area contributed by atoms with E-state index >= 15 is 0 Å². The normalized spacial score (nSPS) is 11.3. The summed E-state index contributed by atoms with van der Waals surface area (Å²) in [6.45, 7) is 0.309. The summed E-state index contributed by atoms with van der Waals surface area (Å²) in [4.78, 5) is 12.7. The predicted molar refractivity (Wildman–Crippen MR) is 109 cm³/mol. The second-order valence-corrected chi connectivity index (χ2v) is 9.20. The zero-order valence-electron chi connectivity index (χ0n) is 14.2. The van der Waals surface area contributed by atoms with E-state index in [1.165, 1.54) is 23.5 Å². The van der Waals surface area contributed by atoms with Gasteiger partial charge in [-0.3, -0.25) is 4.79 Å². The number of halogens is 1. The van der Waals surface area contributed by atoms with E-state index < -0.39 is 10.0 Å². The van der Waals surface area contributed by atoms with Crippen LogP contribution in [0.3, 0.4) is 0 Å². The number of carbonyl (C=O) groups is 1. The van der Waals surface area contributed by atoms with Gasteiger partial charge in [-0.2, -0.15) is 0 Å². The maximum atomic E-state index is 12.4. The Morgan fingerprint density at radius 3 is 2.30 bits per heavy atom. The van der Waals surface area contributed by atoms with E-state index in [0.29, 0.717) is 27.9 Å². The molecule has 3 rings (SSSR count). The van der Waals surface area contributed by atoms with E-state index in [9.17, 15) is 13.2 Å². The van der Waals surface area contributed by atoms with Gasteiger partial charge in [0.1, 0.15) is 0 Å². The molecule has 2 N–H and O–H groups in total. The fourth-order valence-corrected chi connectivity index (χ4v) is 4.37. The SMILES string of the molecule is O=C(Nc1ccc(S(=O)(=O)NCCc2ccccc2)cc1)c1ccc(Cl)s1. The molecule has 0 radical (unpaired) electrons. The molecular weight excluding hydrogens is 404 g/mol. The molecule has 0 saturated heterocycles. The van der Waals surface area contributed by atoms with Gasteiger partial charge in [0.25, 0.3) is 5.91 Å². The highest BCUT2D eigenvalue weighted by Crippen LogP contribution is 2.22. The van der Waals surface area contributed by atoms with Gasteiger partial charge in [-0.05, 0) is 48.4 Å². The first kappa shape index (κ1) is 19.6. The van der Waals surface area contributed by atoms with Crippen LogP contribution < -0.4 is 10.0 Å². The number of nitrogens with one attached hydrogen (secondary N) is 2. The largest absolute Gasteiger partial charge is 0.321 e. The number of hydrogen-bond donors (Lipinski definition) is 2. The molecular formula is C19H17ClN2O3S2. The van der Waals surface area contributed by atoms with Gasteiger partial charge in [0.15, 0.2) is 0 Å². The summed E-state index contributed by atoms with van der Waals surface area (Å²) in [6.07, 6.45) is 0.609. The van der Waals surface area contributed by atoms with Crippen molar-refractivity contribution in [2.75, 3.05) is 11.9 Å². The summed E-state index contributed by atoms with van der Waals surface area (Å²) in [6, 6.07) is 19.0. The molecule has 1 amide bonds. The van der Waals surface area contributed by atoms with Crippen LogP contribution in [0.4, 0.5) is 5.69 Å². The summed E-state index contributed by atoms with van der Waals surface area (Å²) in [5.41, 5.74) is 1.57. The smallest absolute Gasteiger partial charge is 0.265 e. The predicted octanol–water partition coefficient (Wildman–Crippen LogP) is 4.17. The minimum absolute atomic E-state index is 0.146. The van der Waals surface area contributed by atoms with Gasteiger partial charge >= 0.3 is 0 Å². The van der Waals surface area contributed by atoms with Crippen LogP contribution in [0.2, 0.25) is 4.34 Å². The van der Waals surface area contributed by atoms with Crippen LogP contribution in [-0.2, 0) is 16.4 Å². The molecule has 0 bridgehead atoms. The molecule has 27 heavy (non-hydrogen) atoms. The number of benzene rings is 2. The Morgan fingerprint density at radius 2 is 1.67 bits per heavy atom. The molecule has 0 spiro atoms. The van der Waals surface area contributed by atoms with Crippen molar-refractivity contribution in [3.63, 3.8) is 0 Å². The van der Waals surface area contributed by atoms with Gasteiger partial charge in [0, 0.05) is 12.2 Å². The molecule has 1 heterocycles. The summed E-state index contributed by atoms with van der Waals surface area (Å²) < 4.78 is 27.9. The molecule has 1 aromatic heterocycles. The van der Waals surface area contributed by atoms with Crippen molar-refractivity contribution in [2.24, 2.45) is 0 Å². The van der Waals surface area contributed by atoms with Crippen LogP contribution in [0.25, 0.3) is 0 Å². The van der Waals surface area contributed by atoms with Gasteiger partial charge in [-0.1, -0.05) is 41.9 Å². The van der Waals surface area contributed by atoms with Crippen molar-refractivity contribution in [2.45, 2.75) is 11.3 Å². The Hall–Kier alpha value is -2.19. The number of thiophene rings is 1. The summed E-state index contributed by atoms with van der Waals surface area (Å²) in [5.74, 6) is -0.288. The lowest BCUT2D eigenvalue weighted by atomic mass is 10.2. The molecule has 0 aliphatic carbocycles. The van der Waals surface area contributed by atoms with E-state index in [2.05, 4.69) is 10.0 Å². The van der Waals surface area contributed by atoms with Crippen LogP contribution >= 0.6 is 22.9 Å². The zero-order chi connectivity index (χ0) is 19.3. The Labute approximate surface area is 167 Å². The van der Waals surface area contributed by atoms with Crippen molar-refractivity contribution in [1.82, 2.24) is 4.72 Å². The molecule has 2 aromatic carbocycles. The first-order chi connectivity index (χ1) is 12.9. The van der Waals surface area contributed by atoms with Crippen molar-refractivity contribution in [1.29, 1.82) is 0 Å². The average molecular weight is 421 g/mol. The minimum atomic E-state index is -3.60. The maximum Gasteiger partial charge on any atom is 0.265 e. The lowest BCUT2D eigenvalue weighted by Gasteiger charge is -2.08. The number of rotatable bonds is 7. The summed E-state index contributed by atoms with van der Waals surface area (Å²) in [5, 5.41) is 2.71. The first-order valence-corrected chi connectivity index (χ1v) is 10.8. The third-order valence-electron chi connectivity index (χ3n) is 3.77. The molecule has 0 unspecified atom stereocenters. The number of sulfonamides is 1. The van der Waals surface area contributed by atoms with Crippen LogP contribution in [0.15, 0.2) is 71.6 Å². The second kappa shape index (κ2) is 8.67. The third-order valence-corrected chi connectivity index (χ3v) is 6.47. The quantitative estimate of drug-likeness (QED) is 0.602. The van der Waals surface area contributed by atoms with Gasteiger partial charge in [-0.15, -0.1) is 11.3 Å². The van der Waals surface area contributed by atoms with E-state index in [1.807, 2.05) is 30.3 Å². The van der Waals surface area contributed by atoms with Gasteiger partial charge in [0.2, 0.25) is 10.0 Å². The monoisotopic (exact) mass is 420 g/mol. The Bertz CT molecular complexity index is 1020. The standard InChI is InChI=1S/C19H17ClN2O3S2/c20-18-11-10-17(26-18)19(23)22-15-6-8-16(9-7-15)27(24,25)21-13-12-14-4-2-1-3-5-14/h1-11,21H,12-13H2,(H,22,23). The second-order valence-electron chi connectivity index (χ2n) is 5.72. The molecule has 5 nitrogen and oxygen atoms in total. The number of anilines is 1. The highest BCUT2D eigenvalue weighted by atomic mass is 35.5. The van der Waals surface area contributed by atoms with E-state index in [0.717, 1.165) is 5.56 Å². The lowest BCUT2D eigenvalue weighted by molar-refractivity contribution is 0.103. The minimum Gasteiger partial charge on any atom is -0.321 e. The molecule has 0 saturated carbocycles. The number of hydrogen-bond acceptors (Lipinski definition) is 4. The zero-order valence-corrected chi connectivity index (χ0v) is 16.6. The van der Waals surface area contributed by atoms with Gasteiger partial charge in [-0.25, -0.2) is 13.1 Å². The first-order valence-electron chi connectivity index (χ1n) is 8.14. The third kappa shape index (κ3) is 5.40. The van der Waals surface area contributed by atoms with E-state index in [-0.39, 0.29) is 10.8 Å². The fourth-order valence-electron chi connectivity index (χ4n) is 2.40. The van der Waals surface area contributed by atoms with Gasteiger partial charge < -0.3 is 5.32 Å². The highest BCUT2D eigenvalue weighted by molar-refractivity contribution is 7.89. The molecule has 3 aromatic rings. The molecule has 0 aliphatic rings. The molecule has 0 fully saturated rings. The van der Waals surface area contributed by atoms with Crippen LogP contribution in [0.5, 0.6) is 0 Å². The van der Waals surface area contributed by atoms with Crippen molar-refractivity contribution in [3.05, 3.63) is 81.5 Å². The lowest BCUT2D eigenvalue weighted by Crippen LogP contribution is -2.26. The average Bonchev–Trinajstić information content (AvgIpc) is 3.09. The van der Waals surface area contributed by atoms with E-state index in [4.69, 9.17) is 11.6 Å². The van der Waals surface area contributed by atoms with Crippen molar-refractivity contribution < 1.29 is 13.2 Å². The Morgan fingerprint density at radius 1 is 0.963 bits per heavy atom. The van der Waals surface area contributed by atoms with Crippen molar-refractivity contribution in [3.8, 4) is 0 Å². The topological polar surface area (TPSA) is 75.3 Å². The molecule has 140 valence electrons. The molecule has 8 heteroatoms. The van der Waals surface area contributed by atoms with Crippen LogP contribution in [0, 0.1) is 0 Å². The summed E-state index contributed by atoms with van der Waals surface area (Å²) in [7, 11) is -3.60. The number of carbonyl (C=O) groups excluding carboxylic acids is 1. The molecule has 0 aliphatic heterocycles. The Balaban J connectivity index is 1.59. The number of amides is 1. The highest BCUT2D eigenvalue weighted by Gasteiger charge is 2.14. The van der Waals surface area contributed by atoms with Crippen LogP contribution in [0.1, 0.15) is 15.2 Å². The van der Waals surface area contributed by atoms with Crippen LogP contribution in [-0.4, -0.2) is 20.9 Å². The summed E-state index contributed by atoms with van der Waals surface area (Å²) >= 11 is 7.00. The Kier molecular flexibility index (Phi) is 6.28. The molecule has 0 atom stereocenters. The fraction of sp³-hybridized carbons (Fsp3) is 0.105. The van der Waals surface area contributed by atoms with E-state index in [1.54, 1.807) is 24.3 Å². The van der Waals surface area contributed by atoms with Crippen molar-refractivity contribution >= 4 is 44.6 Å².